The molecule has 8 nitrogen and oxygen atoms in total. The summed E-state index contributed by atoms with van der Waals surface area (Å²) >= 11 is 0. The van der Waals surface area contributed by atoms with Gasteiger partial charge in [0.2, 0.25) is 0 Å². The highest BCUT2D eigenvalue weighted by atomic mass is 32.2. The van der Waals surface area contributed by atoms with Gasteiger partial charge in [0, 0.05) is 56.1 Å². The largest absolute Gasteiger partial charge is 0.353 e. The van der Waals surface area contributed by atoms with Crippen molar-refractivity contribution in [2.24, 2.45) is 0 Å². The number of piperazine rings is 1. The van der Waals surface area contributed by atoms with Gasteiger partial charge in [0.05, 0.1) is 16.6 Å². The minimum atomic E-state index is -3.30. The van der Waals surface area contributed by atoms with Crippen LogP contribution in [0.5, 0.6) is 0 Å². The van der Waals surface area contributed by atoms with E-state index < -0.39 is 15.4 Å². The molecule has 5 aromatic carbocycles. The van der Waals surface area contributed by atoms with E-state index in [0.717, 1.165) is 76.3 Å². The summed E-state index contributed by atoms with van der Waals surface area (Å²) in [5.41, 5.74) is 6.39. The van der Waals surface area contributed by atoms with Crippen molar-refractivity contribution >= 4 is 26.6 Å². The van der Waals surface area contributed by atoms with Crippen molar-refractivity contribution in [3.63, 3.8) is 0 Å². The zero-order valence-electron chi connectivity index (χ0n) is 28.4. The number of rotatable bonds is 9. The van der Waals surface area contributed by atoms with Crippen molar-refractivity contribution in [3.8, 4) is 11.1 Å². The highest BCUT2D eigenvalue weighted by Crippen LogP contribution is 2.41. The first-order chi connectivity index (χ1) is 24.9. The summed E-state index contributed by atoms with van der Waals surface area (Å²) < 4.78 is 26.9. The molecule has 0 bridgehead atoms. The lowest BCUT2D eigenvalue weighted by Crippen LogP contribution is -2.46. The molecule has 9 heteroatoms. The van der Waals surface area contributed by atoms with Crippen LogP contribution in [0.3, 0.4) is 0 Å². The second-order valence-corrected chi connectivity index (χ2v) is 15.0. The average Bonchev–Trinajstić information content (AvgIpc) is 3.67. The fraction of sp³-hybridized carbons (Fsp3) is 0.167. The lowest BCUT2D eigenvalue weighted by atomic mass is 9.77. The Hall–Kier alpha value is -5.64. The van der Waals surface area contributed by atoms with Crippen molar-refractivity contribution < 1.29 is 8.42 Å². The predicted octanol–water partition coefficient (Wildman–Crippen LogP) is 7.06. The van der Waals surface area contributed by atoms with Gasteiger partial charge in [-0.25, -0.2) is 18.4 Å². The third-order valence-corrected chi connectivity index (χ3v) is 11.1. The minimum Gasteiger partial charge on any atom is -0.353 e. The first kappa shape index (κ1) is 32.6. The normalized spacial score (nSPS) is 14.2. The summed E-state index contributed by atoms with van der Waals surface area (Å²) in [7, 11) is -3.30. The SMILES string of the molecule is CS(=O)(=O)c1ccccc1CN1CCN(c2ncnc3ccc(-c4cnn(C(c5ccccc5)(c5ccccc5)c5ccccc5)c4)cc23)CC1. The monoisotopic (exact) mass is 690 g/mol. The van der Waals surface area contributed by atoms with Gasteiger partial charge in [0.1, 0.15) is 17.7 Å². The van der Waals surface area contributed by atoms with E-state index in [-0.39, 0.29) is 0 Å². The van der Waals surface area contributed by atoms with Crippen molar-refractivity contribution in [1.29, 1.82) is 0 Å². The first-order valence-electron chi connectivity index (χ1n) is 17.1. The maximum atomic E-state index is 12.4. The summed E-state index contributed by atoms with van der Waals surface area (Å²) in [6, 6.07) is 45.3. The van der Waals surface area contributed by atoms with Gasteiger partial charge in [-0.05, 0) is 46.0 Å². The summed E-state index contributed by atoms with van der Waals surface area (Å²) in [4.78, 5) is 14.4. The highest BCUT2D eigenvalue weighted by Gasteiger charge is 2.39. The van der Waals surface area contributed by atoms with Gasteiger partial charge in [-0.1, -0.05) is 115 Å². The summed E-state index contributed by atoms with van der Waals surface area (Å²) in [6.45, 7) is 3.70. The Morgan fingerprint density at radius 3 is 1.86 bits per heavy atom. The molecule has 0 aliphatic carbocycles. The molecule has 0 atom stereocenters. The van der Waals surface area contributed by atoms with E-state index in [0.29, 0.717) is 11.4 Å². The molecule has 254 valence electrons. The van der Waals surface area contributed by atoms with Crippen LogP contribution < -0.4 is 4.90 Å². The maximum Gasteiger partial charge on any atom is 0.175 e. The number of sulfone groups is 1. The van der Waals surface area contributed by atoms with Gasteiger partial charge in [-0.2, -0.15) is 5.10 Å². The molecule has 0 saturated carbocycles. The molecule has 0 radical (unpaired) electrons. The summed E-state index contributed by atoms with van der Waals surface area (Å²) in [5, 5.41) is 6.07. The van der Waals surface area contributed by atoms with Gasteiger partial charge in [0.15, 0.2) is 9.84 Å². The number of fused-ring (bicyclic) bond motifs is 1. The second kappa shape index (κ2) is 13.6. The number of nitrogens with zero attached hydrogens (tertiary/aromatic N) is 6. The van der Waals surface area contributed by atoms with Gasteiger partial charge in [-0.3, -0.25) is 9.58 Å². The zero-order chi connectivity index (χ0) is 34.8. The molecule has 2 aromatic heterocycles. The third kappa shape index (κ3) is 6.19. The number of hydrogen-bond acceptors (Lipinski definition) is 7. The predicted molar refractivity (Wildman–Crippen MR) is 202 cm³/mol. The van der Waals surface area contributed by atoms with Crippen LogP contribution in [0, 0.1) is 0 Å². The lowest BCUT2D eigenvalue weighted by Gasteiger charge is -2.36. The van der Waals surface area contributed by atoms with Crippen LogP contribution in [0.15, 0.2) is 157 Å². The Kier molecular flexibility index (Phi) is 8.67. The molecule has 1 aliphatic heterocycles. The van der Waals surface area contributed by atoms with Crippen LogP contribution in [0.4, 0.5) is 5.82 Å². The lowest BCUT2D eigenvalue weighted by molar-refractivity contribution is 0.247. The van der Waals surface area contributed by atoms with E-state index in [2.05, 4.69) is 117 Å². The van der Waals surface area contributed by atoms with E-state index in [1.807, 2.05) is 36.5 Å². The Balaban J connectivity index is 1.13. The molecule has 0 unspecified atom stereocenters. The van der Waals surface area contributed by atoms with Crippen molar-refractivity contribution in [2.45, 2.75) is 17.0 Å². The van der Waals surface area contributed by atoms with Crippen LogP contribution >= 0.6 is 0 Å². The van der Waals surface area contributed by atoms with Gasteiger partial charge in [-0.15, -0.1) is 0 Å². The molecule has 8 rings (SSSR count). The number of anilines is 1. The Labute approximate surface area is 298 Å². The number of benzene rings is 5. The Bertz CT molecular complexity index is 2290. The van der Waals surface area contributed by atoms with E-state index >= 15 is 0 Å². The molecule has 0 N–H and O–H groups in total. The van der Waals surface area contributed by atoms with Gasteiger partial charge < -0.3 is 4.90 Å². The summed E-state index contributed by atoms with van der Waals surface area (Å²) in [6.07, 6.45) is 7.00. The van der Waals surface area contributed by atoms with Gasteiger partial charge >= 0.3 is 0 Å². The van der Waals surface area contributed by atoms with Crippen molar-refractivity contribution in [2.75, 3.05) is 37.3 Å². The van der Waals surface area contributed by atoms with Crippen LogP contribution in [-0.4, -0.2) is 65.5 Å². The van der Waals surface area contributed by atoms with Crippen LogP contribution in [-0.2, 0) is 21.9 Å². The molecule has 0 spiro atoms. The Morgan fingerprint density at radius 1 is 0.667 bits per heavy atom. The standard InChI is InChI=1S/C42H38N6O2S/c1-51(49,50)40-20-12-11-13-33(40)29-46-23-25-47(26-24-46)41-38-27-32(21-22-39(38)43-31-44-41)34-28-45-48(30-34)42(35-14-5-2-6-15-35,36-16-7-3-8-17-36)37-18-9-4-10-19-37/h2-22,27-28,30-31H,23-26,29H2,1H3. The van der Waals surface area contributed by atoms with Crippen LogP contribution in [0.1, 0.15) is 22.3 Å². The molecule has 0 amide bonds. The molecule has 1 aliphatic rings. The third-order valence-electron chi connectivity index (χ3n) is 9.89. The van der Waals surface area contributed by atoms with Crippen molar-refractivity contribution in [3.05, 3.63) is 174 Å². The average molecular weight is 691 g/mol. The fourth-order valence-corrected chi connectivity index (χ4v) is 8.35. The highest BCUT2D eigenvalue weighted by molar-refractivity contribution is 7.90. The molecular weight excluding hydrogens is 653 g/mol. The maximum absolute atomic E-state index is 12.4. The molecule has 3 heterocycles. The zero-order valence-corrected chi connectivity index (χ0v) is 29.2. The molecule has 1 fully saturated rings. The van der Waals surface area contributed by atoms with Crippen molar-refractivity contribution in [1.82, 2.24) is 24.6 Å². The summed E-state index contributed by atoms with van der Waals surface area (Å²) in [5.74, 6) is 0.901. The molecule has 1 saturated heterocycles. The number of aromatic nitrogens is 4. The number of hydrogen-bond donors (Lipinski definition) is 0. The van der Waals surface area contributed by atoms with Crippen LogP contribution in [0.25, 0.3) is 22.0 Å². The molecule has 7 aromatic rings. The van der Waals surface area contributed by atoms with E-state index in [1.165, 1.54) is 6.26 Å². The van der Waals surface area contributed by atoms with Gasteiger partial charge in [0.25, 0.3) is 0 Å². The molecule has 51 heavy (non-hydrogen) atoms. The fourth-order valence-electron chi connectivity index (χ4n) is 7.42. The second-order valence-electron chi connectivity index (χ2n) is 13.1. The first-order valence-corrected chi connectivity index (χ1v) is 19.0. The minimum absolute atomic E-state index is 0.402. The van der Waals surface area contributed by atoms with E-state index in [9.17, 15) is 8.42 Å². The van der Waals surface area contributed by atoms with E-state index in [1.54, 1.807) is 18.5 Å². The van der Waals surface area contributed by atoms with E-state index in [4.69, 9.17) is 10.1 Å². The Morgan fingerprint density at radius 2 is 1.25 bits per heavy atom. The topological polar surface area (TPSA) is 84.2 Å². The smallest absolute Gasteiger partial charge is 0.175 e. The quantitative estimate of drug-likeness (QED) is 0.150. The van der Waals surface area contributed by atoms with Crippen LogP contribution in [0.2, 0.25) is 0 Å². The molecular formula is C42H38N6O2S.